The Labute approximate surface area is 177 Å². The van der Waals surface area contributed by atoms with E-state index in [4.69, 9.17) is 16.3 Å². The number of hydrogen-bond acceptors (Lipinski definition) is 7. The van der Waals surface area contributed by atoms with Crippen molar-refractivity contribution in [2.75, 3.05) is 26.2 Å². The van der Waals surface area contributed by atoms with E-state index in [9.17, 15) is 4.79 Å². The molecule has 5 rings (SSSR count). The SMILES string of the molecule is O=C(N1CC(c2cnc(Oc3ccccc3Cl)cn2)C1)N1CC[C@@H](n2cnnn2)C1. The van der Waals surface area contributed by atoms with Crippen LogP contribution in [0.4, 0.5) is 4.79 Å². The van der Waals surface area contributed by atoms with Gasteiger partial charge >= 0.3 is 6.03 Å². The molecule has 2 amide bonds. The van der Waals surface area contributed by atoms with E-state index in [-0.39, 0.29) is 18.0 Å². The summed E-state index contributed by atoms with van der Waals surface area (Å²) in [5.41, 5.74) is 0.846. The van der Waals surface area contributed by atoms with Crippen molar-refractivity contribution in [1.82, 2.24) is 40.0 Å². The molecule has 154 valence electrons. The van der Waals surface area contributed by atoms with Gasteiger partial charge in [-0.2, -0.15) is 0 Å². The van der Waals surface area contributed by atoms with Crippen LogP contribution in [0.1, 0.15) is 24.1 Å². The molecule has 0 spiro atoms. The molecule has 2 fully saturated rings. The molecule has 11 heteroatoms. The second-order valence-electron chi connectivity index (χ2n) is 7.37. The average molecular weight is 427 g/mol. The van der Waals surface area contributed by atoms with Crippen molar-refractivity contribution in [3.63, 3.8) is 0 Å². The Morgan fingerprint density at radius 2 is 1.97 bits per heavy atom. The summed E-state index contributed by atoms with van der Waals surface area (Å²) >= 11 is 6.10. The zero-order chi connectivity index (χ0) is 20.5. The third-order valence-corrected chi connectivity index (χ3v) is 5.75. The van der Waals surface area contributed by atoms with Crippen molar-refractivity contribution in [2.24, 2.45) is 0 Å². The van der Waals surface area contributed by atoms with E-state index in [1.54, 1.807) is 35.5 Å². The quantitative estimate of drug-likeness (QED) is 0.631. The van der Waals surface area contributed by atoms with Crippen molar-refractivity contribution in [3.05, 3.63) is 53.7 Å². The van der Waals surface area contributed by atoms with Crippen LogP contribution < -0.4 is 4.74 Å². The van der Waals surface area contributed by atoms with E-state index in [0.717, 1.165) is 12.1 Å². The molecule has 0 N–H and O–H groups in total. The molecule has 0 radical (unpaired) electrons. The van der Waals surface area contributed by atoms with Crippen LogP contribution in [-0.2, 0) is 0 Å². The lowest BCUT2D eigenvalue weighted by Crippen LogP contribution is -2.53. The van der Waals surface area contributed by atoms with Gasteiger partial charge in [-0.15, -0.1) is 5.10 Å². The molecule has 2 aromatic heterocycles. The average Bonchev–Trinajstić information content (AvgIpc) is 3.41. The molecule has 30 heavy (non-hydrogen) atoms. The summed E-state index contributed by atoms with van der Waals surface area (Å²) in [5.74, 6) is 1.09. The van der Waals surface area contributed by atoms with Gasteiger partial charge < -0.3 is 14.5 Å². The molecule has 0 saturated carbocycles. The van der Waals surface area contributed by atoms with Crippen molar-refractivity contribution < 1.29 is 9.53 Å². The predicted molar refractivity (Wildman–Crippen MR) is 106 cm³/mol. The molecule has 0 bridgehead atoms. The third kappa shape index (κ3) is 3.65. The third-order valence-electron chi connectivity index (χ3n) is 5.44. The number of hydrogen-bond donors (Lipinski definition) is 0. The summed E-state index contributed by atoms with van der Waals surface area (Å²) in [6, 6.07) is 7.39. The number of amides is 2. The Morgan fingerprint density at radius 3 is 2.70 bits per heavy atom. The van der Waals surface area contributed by atoms with Gasteiger partial charge in [-0.1, -0.05) is 23.7 Å². The topological polar surface area (TPSA) is 102 Å². The summed E-state index contributed by atoms with van der Waals surface area (Å²) < 4.78 is 7.39. The molecule has 1 aromatic carbocycles. The smallest absolute Gasteiger partial charge is 0.320 e. The zero-order valence-corrected chi connectivity index (χ0v) is 16.8. The lowest BCUT2D eigenvalue weighted by atomic mass is 9.97. The largest absolute Gasteiger partial charge is 0.436 e. The van der Waals surface area contributed by atoms with Gasteiger partial charge in [0.05, 0.1) is 29.2 Å². The minimum Gasteiger partial charge on any atom is -0.436 e. The molecular weight excluding hydrogens is 408 g/mol. The first-order chi connectivity index (χ1) is 14.7. The highest BCUT2D eigenvalue weighted by Gasteiger charge is 2.38. The fourth-order valence-electron chi connectivity index (χ4n) is 3.72. The maximum absolute atomic E-state index is 12.7. The standard InChI is InChI=1S/C19H19ClN8O2/c20-15-3-1-2-4-17(15)30-18-8-21-16(7-22-18)13-9-27(10-13)19(29)26-6-5-14(11-26)28-12-23-24-25-28/h1-4,7-8,12-14H,5-6,9-11H2/t14-/m1/s1. The normalized spacial score (nSPS) is 19.0. The number of aromatic nitrogens is 6. The summed E-state index contributed by atoms with van der Waals surface area (Å²) in [5, 5.41) is 11.8. The molecule has 0 unspecified atom stereocenters. The lowest BCUT2D eigenvalue weighted by molar-refractivity contribution is 0.119. The Morgan fingerprint density at radius 1 is 1.10 bits per heavy atom. The number of nitrogens with zero attached hydrogens (tertiary/aromatic N) is 8. The number of ether oxygens (including phenoxy) is 1. The molecular formula is C19H19ClN8O2. The molecule has 0 aliphatic carbocycles. The first kappa shape index (κ1) is 18.7. The van der Waals surface area contributed by atoms with Crippen LogP contribution in [0.5, 0.6) is 11.6 Å². The first-order valence-corrected chi connectivity index (χ1v) is 10.1. The van der Waals surface area contributed by atoms with Crippen molar-refractivity contribution in [2.45, 2.75) is 18.4 Å². The van der Waals surface area contributed by atoms with Crippen LogP contribution in [0.25, 0.3) is 0 Å². The fraction of sp³-hybridized carbons (Fsp3) is 0.368. The van der Waals surface area contributed by atoms with Gasteiger partial charge in [0.1, 0.15) is 12.1 Å². The number of likely N-dealkylation sites (tertiary alicyclic amines) is 2. The Hall–Kier alpha value is -3.27. The number of halogens is 1. The predicted octanol–water partition coefficient (Wildman–Crippen LogP) is 2.38. The molecule has 1 atom stereocenters. The Balaban J connectivity index is 1.14. The molecule has 2 aliphatic heterocycles. The minimum absolute atomic E-state index is 0.0495. The van der Waals surface area contributed by atoms with E-state index >= 15 is 0 Å². The van der Waals surface area contributed by atoms with E-state index in [2.05, 4.69) is 25.5 Å². The maximum atomic E-state index is 12.7. The van der Waals surface area contributed by atoms with Crippen molar-refractivity contribution in [1.29, 1.82) is 0 Å². The number of rotatable bonds is 4. The first-order valence-electron chi connectivity index (χ1n) is 9.68. The number of benzene rings is 1. The van der Waals surface area contributed by atoms with Gasteiger partial charge in [0, 0.05) is 32.1 Å². The number of carbonyl (C=O) groups excluding carboxylic acids is 1. The molecule has 3 aromatic rings. The Bertz CT molecular complexity index is 1020. The van der Waals surface area contributed by atoms with Gasteiger partial charge in [-0.05, 0) is 29.0 Å². The number of urea groups is 1. The van der Waals surface area contributed by atoms with E-state index in [0.29, 0.717) is 42.8 Å². The van der Waals surface area contributed by atoms with Gasteiger partial charge in [0.25, 0.3) is 0 Å². The van der Waals surface area contributed by atoms with Crippen LogP contribution in [0.15, 0.2) is 43.0 Å². The van der Waals surface area contributed by atoms with Crippen molar-refractivity contribution in [3.8, 4) is 11.6 Å². The van der Waals surface area contributed by atoms with Gasteiger partial charge in [0.15, 0.2) is 0 Å². The highest BCUT2D eigenvalue weighted by atomic mass is 35.5. The monoisotopic (exact) mass is 426 g/mol. The molecule has 2 saturated heterocycles. The van der Waals surface area contributed by atoms with Crippen LogP contribution >= 0.6 is 11.6 Å². The fourth-order valence-corrected chi connectivity index (χ4v) is 3.89. The van der Waals surface area contributed by atoms with Gasteiger partial charge in [-0.25, -0.2) is 14.5 Å². The molecule has 4 heterocycles. The molecule has 2 aliphatic rings. The Kier molecular flexibility index (Phi) is 4.91. The highest BCUT2D eigenvalue weighted by Crippen LogP contribution is 2.31. The summed E-state index contributed by atoms with van der Waals surface area (Å²) in [6.07, 6.45) is 5.73. The van der Waals surface area contributed by atoms with Gasteiger partial charge in [-0.3, -0.25) is 4.98 Å². The zero-order valence-electron chi connectivity index (χ0n) is 16.0. The second kappa shape index (κ2) is 7.86. The lowest BCUT2D eigenvalue weighted by Gasteiger charge is -2.40. The van der Waals surface area contributed by atoms with E-state index in [1.165, 1.54) is 0 Å². The minimum atomic E-state index is 0.0495. The van der Waals surface area contributed by atoms with Crippen LogP contribution in [0.3, 0.4) is 0 Å². The van der Waals surface area contributed by atoms with Crippen LogP contribution in [-0.4, -0.2) is 72.2 Å². The van der Waals surface area contributed by atoms with Crippen molar-refractivity contribution >= 4 is 17.6 Å². The second-order valence-corrected chi connectivity index (χ2v) is 7.78. The summed E-state index contributed by atoms with van der Waals surface area (Å²) in [4.78, 5) is 25.2. The maximum Gasteiger partial charge on any atom is 0.320 e. The summed E-state index contributed by atoms with van der Waals surface area (Å²) in [7, 11) is 0. The summed E-state index contributed by atoms with van der Waals surface area (Å²) in [6.45, 7) is 2.59. The van der Waals surface area contributed by atoms with Gasteiger partial charge in [0.2, 0.25) is 5.88 Å². The van der Waals surface area contributed by atoms with Crippen LogP contribution in [0, 0.1) is 0 Å². The van der Waals surface area contributed by atoms with E-state index in [1.807, 2.05) is 21.9 Å². The van der Waals surface area contributed by atoms with Crippen LogP contribution in [0.2, 0.25) is 5.02 Å². The highest BCUT2D eigenvalue weighted by molar-refractivity contribution is 6.32. The number of tetrazole rings is 1. The van der Waals surface area contributed by atoms with E-state index < -0.39 is 0 Å². The number of para-hydroxylation sites is 1. The number of carbonyl (C=O) groups is 1. The molecule has 10 nitrogen and oxygen atoms in total.